The lowest BCUT2D eigenvalue weighted by molar-refractivity contribution is 0.173. The van der Waals surface area contributed by atoms with E-state index in [1.54, 1.807) is 12.4 Å². The Labute approximate surface area is 154 Å². The molecule has 26 heavy (non-hydrogen) atoms. The maximum absolute atomic E-state index is 5.98. The average molecular weight is 348 g/mol. The number of rotatable bonds is 6. The van der Waals surface area contributed by atoms with Crippen LogP contribution in [0.1, 0.15) is 11.3 Å². The number of fused-ring (bicyclic) bond motifs is 1. The summed E-state index contributed by atoms with van der Waals surface area (Å²) < 4.78 is 8.24. The first kappa shape index (κ1) is 16.8. The maximum atomic E-state index is 5.98. The van der Waals surface area contributed by atoms with Crippen molar-refractivity contribution in [3.05, 3.63) is 78.6 Å². The lowest BCUT2D eigenvalue weighted by Crippen LogP contribution is -2.32. The Morgan fingerprint density at radius 3 is 2.77 bits per heavy atom. The average Bonchev–Trinajstić information content (AvgIpc) is 3.05. The van der Waals surface area contributed by atoms with Gasteiger partial charge in [0.15, 0.2) is 0 Å². The molecule has 1 aliphatic heterocycles. The van der Waals surface area contributed by atoms with Crippen LogP contribution in [-0.4, -0.2) is 39.1 Å². The highest BCUT2D eigenvalue weighted by molar-refractivity contribution is 5.16. The molecule has 3 heterocycles. The summed E-state index contributed by atoms with van der Waals surface area (Å²) in [4.78, 5) is 11.0. The van der Waals surface area contributed by atoms with E-state index in [2.05, 4.69) is 49.8 Å². The Hall–Kier alpha value is -2.66. The van der Waals surface area contributed by atoms with Gasteiger partial charge in [0, 0.05) is 44.5 Å². The number of ether oxygens (including phenoxy) is 1. The third-order valence-electron chi connectivity index (χ3n) is 4.84. The standard InChI is InChI=1S/C21H24N4O/c1-2-5-18(6-3-1)8-10-24-13-19(14-25-17-23-11-20(25)15-24)16-26-21-7-4-9-22-12-21/h1-7,9,11-12,17,19H,8,10,13-16H2/t19-/m0/s1. The molecule has 134 valence electrons. The van der Waals surface area contributed by atoms with Gasteiger partial charge in [0.25, 0.3) is 0 Å². The van der Waals surface area contributed by atoms with Crippen LogP contribution in [-0.2, 0) is 19.5 Å². The SMILES string of the molecule is c1ccc(CCN2Cc3cncn3C[C@@H](COc3cccnc3)C2)cc1. The predicted octanol–water partition coefficient (Wildman–Crippen LogP) is 3.03. The van der Waals surface area contributed by atoms with Crippen LogP contribution in [0.3, 0.4) is 0 Å². The zero-order valence-corrected chi connectivity index (χ0v) is 14.9. The minimum absolute atomic E-state index is 0.418. The molecule has 4 rings (SSSR count). The highest BCUT2D eigenvalue weighted by Crippen LogP contribution is 2.18. The van der Waals surface area contributed by atoms with Crippen molar-refractivity contribution < 1.29 is 4.74 Å². The van der Waals surface area contributed by atoms with Gasteiger partial charge < -0.3 is 9.30 Å². The Morgan fingerprint density at radius 2 is 1.92 bits per heavy atom. The second-order valence-corrected chi connectivity index (χ2v) is 6.87. The summed E-state index contributed by atoms with van der Waals surface area (Å²) in [6, 6.07) is 14.5. The summed E-state index contributed by atoms with van der Waals surface area (Å²) in [5.41, 5.74) is 2.66. The van der Waals surface area contributed by atoms with Gasteiger partial charge in [0.05, 0.1) is 24.8 Å². The molecule has 0 unspecified atom stereocenters. The summed E-state index contributed by atoms with van der Waals surface area (Å²) in [7, 11) is 0. The number of benzene rings is 1. The largest absolute Gasteiger partial charge is 0.492 e. The summed E-state index contributed by atoms with van der Waals surface area (Å²) in [6.45, 7) is 4.63. The Kier molecular flexibility index (Phi) is 5.26. The van der Waals surface area contributed by atoms with Gasteiger partial charge in [0.1, 0.15) is 5.75 Å². The van der Waals surface area contributed by atoms with E-state index in [-0.39, 0.29) is 0 Å². The van der Waals surface area contributed by atoms with E-state index < -0.39 is 0 Å². The molecule has 0 bridgehead atoms. The number of aromatic nitrogens is 3. The van der Waals surface area contributed by atoms with Crippen molar-refractivity contribution in [2.45, 2.75) is 19.5 Å². The fraction of sp³-hybridized carbons (Fsp3) is 0.333. The molecule has 1 aromatic carbocycles. The van der Waals surface area contributed by atoms with Crippen molar-refractivity contribution in [2.24, 2.45) is 5.92 Å². The normalized spacial score (nSPS) is 17.5. The predicted molar refractivity (Wildman–Crippen MR) is 101 cm³/mol. The number of hydrogen-bond acceptors (Lipinski definition) is 4. The highest BCUT2D eigenvalue weighted by atomic mass is 16.5. The first-order valence-corrected chi connectivity index (χ1v) is 9.15. The molecule has 0 fully saturated rings. The zero-order valence-electron chi connectivity index (χ0n) is 14.9. The molecule has 0 saturated carbocycles. The van der Waals surface area contributed by atoms with E-state index in [1.807, 2.05) is 24.7 Å². The van der Waals surface area contributed by atoms with E-state index in [0.29, 0.717) is 12.5 Å². The second-order valence-electron chi connectivity index (χ2n) is 6.87. The Morgan fingerprint density at radius 1 is 1.00 bits per heavy atom. The summed E-state index contributed by atoms with van der Waals surface area (Å²) in [5, 5.41) is 0. The smallest absolute Gasteiger partial charge is 0.137 e. The minimum atomic E-state index is 0.418. The van der Waals surface area contributed by atoms with Gasteiger partial charge in [-0.05, 0) is 24.1 Å². The summed E-state index contributed by atoms with van der Waals surface area (Å²) in [5.74, 6) is 1.25. The zero-order chi connectivity index (χ0) is 17.6. The number of imidazole rings is 1. The van der Waals surface area contributed by atoms with Crippen LogP contribution in [0.4, 0.5) is 0 Å². The van der Waals surface area contributed by atoms with E-state index in [4.69, 9.17) is 4.74 Å². The van der Waals surface area contributed by atoms with Crippen molar-refractivity contribution in [3.63, 3.8) is 0 Å². The molecule has 0 aliphatic carbocycles. The first-order valence-electron chi connectivity index (χ1n) is 9.15. The van der Waals surface area contributed by atoms with Gasteiger partial charge >= 0.3 is 0 Å². The first-order chi connectivity index (χ1) is 12.9. The van der Waals surface area contributed by atoms with Gasteiger partial charge in [-0.15, -0.1) is 0 Å². The number of hydrogen-bond donors (Lipinski definition) is 0. The molecule has 2 aromatic heterocycles. The van der Waals surface area contributed by atoms with E-state index in [1.165, 1.54) is 11.3 Å². The lowest BCUT2D eigenvalue weighted by atomic mass is 10.1. The second kappa shape index (κ2) is 8.15. The van der Waals surface area contributed by atoms with Crippen molar-refractivity contribution in [1.29, 1.82) is 0 Å². The topological polar surface area (TPSA) is 43.2 Å². The molecular weight excluding hydrogens is 324 g/mol. The van der Waals surface area contributed by atoms with Crippen molar-refractivity contribution in [3.8, 4) is 5.75 Å². The van der Waals surface area contributed by atoms with Crippen molar-refractivity contribution >= 4 is 0 Å². The van der Waals surface area contributed by atoms with Crippen LogP contribution in [0.2, 0.25) is 0 Å². The van der Waals surface area contributed by atoms with Gasteiger partial charge in [-0.3, -0.25) is 9.88 Å². The highest BCUT2D eigenvalue weighted by Gasteiger charge is 2.22. The quantitative estimate of drug-likeness (QED) is 0.687. The third-order valence-corrected chi connectivity index (χ3v) is 4.84. The number of pyridine rings is 1. The fourth-order valence-corrected chi connectivity index (χ4v) is 3.49. The van der Waals surface area contributed by atoms with Crippen LogP contribution in [0.15, 0.2) is 67.4 Å². The molecule has 1 atom stereocenters. The molecule has 0 saturated heterocycles. The minimum Gasteiger partial charge on any atom is -0.492 e. The van der Waals surface area contributed by atoms with Crippen molar-refractivity contribution in [2.75, 3.05) is 19.7 Å². The molecule has 3 aromatic rings. The van der Waals surface area contributed by atoms with Gasteiger partial charge in [-0.1, -0.05) is 30.3 Å². The fourth-order valence-electron chi connectivity index (χ4n) is 3.49. The molecule has 5 heteroatoms. The molecule has 0 N–H and O–H groups in total. The van der Waals surface area contributed by atoms with Crippen LogP contribution in [0.25, 0.3) is 0 Å². The molecule has 0 radical (unpaired) electrons. The monoisotopic (exact) mass is 348 g/mol. The van der Waals surface area contributed by atoms with Crippen LogP contribution < -0.4 is 4.74 Å². The lowest BCUT2D eigenvalue weighted by Gasteiger charge is -2.24. The van der Waals surface area contributed by atoms with Crippen LogP contribution in [0.5, 0.6) is 5.75 Å². The van der Waals surface area contributed by atoms with Gasteiger partial charge in [-0.25, -0.2) is 4.98 Å². The maximum Gasteiger partial charge on any atom is 0.137 e. The van der Waals surface area contributed by atoms with E-state index in [0.717, 1.165) is 38.3 Å². The molecule has 0 spiro atoms. The molecule has 1 aliphatic rings. The van der Waals surface area contributed by atoms with Crippen molar-refractivity contribution in [1.82, 2.24) is 19.4 Å². The summed E-state index contributed by atoms with van der Waals surface area (Å²) >= 11 is 0. The van der Waals surface area contributed by atoms with Crippen LogP contribution in [0, 0.1) is 5.92 Å². The molecule has 0 amide bonds. The molecular formula is C21H24N4O. The van der Waals surface area contributed by atoms with E-state index >= 15 is 0 Å². The molecule has 5 nitrogen and oxygen atoms in total. The van der Waals surface area contributed by atoms with Gasteiger partial charge in [-0.2, -0.15) is 0 Å². The Balaban J connectivity index is 1.41. The van der Waals surface area contributed by atoms with Gasteiger partial charge in [0.2, 0.25) is 0 Å². The number of nitrogens with zero attached hydrogens (tertiary/aromatic N) is 4. The van der Waals surface area contributed by atoms with E-state index in [9.17, 15) is 0 Å². The third kappa shape index (κ3) is 4.29. The Bertz CT molecular complexity index is 737. The summed E-state index contributed by atoms with van der Waals surface area (Å²) in [6.07, 6.45) is 8.52. The van der Waals surface area contributed by atoms with Crippen LogP contribution >= 0.6 is 0 Å².